The second kappa shape index (κ2) is 10.7. The molecular formula is C25H28F2N6O3. The number of fused-ring (bicyclic) bond motifs is 1. The largest absolute Gasteiger partial charge is 0.396 e. The summed E-state index contributed by atoms with van der Waals surface area (Å²) in [6.45, 7) is 6.16. The molecule has 0 radical (unpaired) electrons. The average molecular weight is 499 g/mol. The smallest absolute Gasteiger partial charge is 0.326 e. The number of nitrogens with one attached hydrogen (secondary N) is 2. The number of aryl methyl sites for hydroxylation is 1. The standard InChI is InChI=1S/C25H28F2N6O3/c1-25(2,3)13-22(35)32(4)16-6-7-21-20(11-16)29-23(33(21)8-5-9-34)31-24(36)30-19-12-17(26)15(14-28)10-18(19)27/h6-7,10-12,34H,5,8-9,13H2,1-4H3,(H2,29,30,31,36). The number of urea groups is 1. The zero-order valence-corrected chi connectivity index (χ0v) is 20.5. The molecule has 2 aromatic carbocycles. The van der Waals surface area contributed by atoms with Gasteiger partial charge in [-0.25, -0.2) is 18.6 Å². The first-order valence-electron chi connectivity index (χ1n) is 11.3. The minimum Gasteiger partial charge on any atom is -0.396 e. The molecule has 0 aliphatic heterocycles. The molecule has 3 N–H and O–H groups in total. The predicted octanol–water partition coefficient (Wildman–Crippen LogP) is 4.61. The van der Waals surface area contributed by atoms with E-state index in [1.807, 2.05) is 20.8 Å². The number of nitrogens with zero attached hydrogens (tertiary/aromatic N) is 4. The Morgan fingerprint density at radius 1 is 1.17 bits per heavy atom. The van der Waals surface area contributed by atoms with Gasteiger partial charge in [0.15, 0.2) is 0 Å². The number of aromatic nitrogens is 2. The maximum atomic E-state index is 14.2. The van der Waals surface area contributed by atoms with Crippen LogP contribution < -0.4 is 15.5 Å². The van der Waals surface area contributed by atoms with E-state index in [0.717, 1.165) is 6.07 Å². The summed E-state index contributed by atoms with van der Waals surface area (Å²) in [6, 6.07) is 7.30. The fourth-order valence-electron chi connectivity index (χ4n) is 3.58. The molecule has 0 aliphatic rings. The number of nitriles is 1. The number of aliphatic hydroxyl groups is 1. The predicted molar refractivity (Wildman–Crippen MR) is 133 cm³/mol. The van der Waals surface area contributed by atoms with E-state index in [0.29, 0.717) is 42.2 Å². The van der Waals surface area contributed by atoms with Gasteiger partial charge in [-0.2, -0.15) is 5.26 Å². The van der Waals surface area contributed by atoms with Crippen molar-refractivity contribution in [3.8, 4) is 6.07 Å². The number of aliphatic hydroxyl groups excluding tert-OH is 1. The summed E-state index contributed by atoms with van der Waals surface area (Å²) in [5.41, 5.74) is 0.661. The average Bonchev–Trinajstić information content (AvgIpc) is 3.13. The van der Waals surface area contributed by atoms with Crippen LogP contribution in [-0.2, 0) is 11.3 Å². The third kappa shape index (κ3) is 6.14. The summed E-state index contributed by atoms with van der Waals surface area (Å²) < 4.78 is 29.7. The van der Waals surface area contributed by atoms with Crippen LogP contribution in [0, 0.1) is 28.4 Å². The molecule has 0 fully saturated rings. The summed E-state index contributed by atoms with van der Waals surface area (Å²) in [5, 5.41) is 22.8. The molecule has 0 saturated carbocycles. The van der Waals surface area contributed by atoms with Gasteiger partial charge in [0.25, 0.3) is 0 Å². The van der Waals surface area contributed by atoms with Crippen LogP contribution in [0.15, 0.2) is 30.3 Å². The maximum absolute atomic E-state index is 14.2. The van der Waals surface area contributed by atoms with E-state index in [9.17, 15) is 23.5 Å². The summed E-state index contributed by atoms with van der Waals surface area (Å²) in [6.07, 6.45) is 0.731. The van der Waals surface area contributed by atoms with Crippen molar-refractivity contribution in [1.29, 1.82) is 5.26 Å². The van der Waals surface area contributed by atoms with Crippen molar-refractivity contribution >= 4 is 40.3 Å². The highest BCUT2D eigenvalue weighted by Gasteiger charge is 2.21. The molecule has 9 nitrogen and oxygen atoms in total. The van der Waals surface area contributed by atoms with Gasteiger partial charge in [0, 0.05) is 38.4 Å². The highest BCUT2D eigenvalue weighted by Crippen LogP contribution is 2.27. The minimum atomic E-state index is -0.970. The lowest BCUT2D eigenvalue weighted by molar-refractivity contribution is -0.120. The first kappa shape index (κ1) is 26.6. The topological polar surface area (TPSA) is 123 Å². The monoisotopic (exact) mass is 498 g/mol. The second-order valence-electron chi connectivity index (χ2n) is 9.53. The molecule has 0 unspecified atom stereocenters. The van der Waals surface area contributed by atoms with Crippen molar-refractivity contribution in [2.75, 3.05) is 29.2 Å². The normalized spacial score (nSPS) is 11.3. The fourth-order valence-corrected chi connectivity index (χ4v) is 3.58. The Hall–Kier alpha value is -4.04. The van der Waals surface area contributed by atoms with Crippen molar-refractivity contribution in [2.24, 2.45) is 5.41 Å². The van der Waals surface area contributed by atoms with Crippen molar-refractivity contribution in [2.45, 2.75) is 40.2 Å². The summed E-state index contributed by atoms with van der Waals surface area (Å²) >= 11 is 0. The lowest BCUT2D eigenvalue weighted by Crippen LogP contribution is -2.29. The Morgan fingerprint density at radius 3 is 2.53 bits per heavy atom. The fraction of sp³-hybridized carbons (Fsp3) is 0.360. The van der Waals surface area contributed by atoms with Gasteiger partial charge >= 0.3 is 6.03 Å². The second-order valence-corrected chi connectivity index (χ2v) is 9.53. The third-order valence-electron chi connectivity index (χ3n) is 5.37. The van der Waals surface area contributed by atoms with Crippen LogP contribution in [0.25, 0.3) is 11.0 Å². The van der Waals surface area contributed by atoms with Crippen molar-refractivity contribution < 1.29 is 23.5 Å². The van der Waals surface area contributed by atoms with E-state index in [1.165, 1.54) is 6.07 Å². The van der Waals surface area contributed by atoms with Crippen molar-refractivity contribution in [3.63, 3.8) is 0 Å². The molecular weight excluding hydrogens is 470 g/mol. The number of hydrogen-bond acceptors (Lipinski definition) is 5. The number of benzene rings is 2. The van der Waals surface area contributed by atoms with Gasteiger partial charge in [-0.1, -0.05) is 20.8 Å². The van der Waals surface area contributed by atoms with E-state index < -0.39 is 28.9 Å². The van der Waals surface area contributed by atoms with E-state index in [2.05, 4.69) is 15.6 Å². The van der Waals surface area contributed by atoms with Crippen molar-refractivity contribution in [3.05, 3.63) is 47.5 Å². The van der Waals surface area contributed by atoms with Crippen LogP contribution in [0.1, 0.15) is 39.2 Å². The summed E-state index contributed by atoms with van der Waals surface area (Å²) in [5.74, 6) is -1.88. The van der Waals surface area contributed by atoms with E-state index in [4.69, 9.17) is 5.26 Å². The van der Waals surface area contributed by atoms with Gasteiger partial charge in [0.1, 0.15) is 17.7 Å². The first-order valence-corrected chi connectivity index (χ1v) is 11.3. The number of rotatable bonds is 7. The Labute approximate surface area is 207 Å². The number of carbonyl (C=O) groups excluding carboxylic acids is 2. The molecule has 3 amide bonds. The number of carbonyl (C=O) groups is 2. The van der Waals surface area contributed by atoms with Crippen LogP contribution in [0.4, 0.5) is 30.9 Å². The van der Waals surface area contributed by atoms with Crippen LogP contribution in [-0.4, -0.2) is 40.3 Å². The Kier molecular flexibility index (Phi) is 7.90. The summed E-state index contributed by atoms with van der Waals surface area (Å²) in [4.78, 5) is 31.2. The van der Waals surface area contributed by atoms with E-state index in [-0.39, 0.29) is 23.9 Å². The number of amides is 3. The zero-order valence-electron chi connectivity index (χ0n) is 20.5. The third-order valence-corrected chi connectivity index (χ3v) is 5.37. The quantitative estimate of drug-likeness (QED) is 0.439. The van der Waals surface area contributed by atoms with Gasteiger partial charge in [-0.15, -0.1) is 0 Å². The number of halogens is 2. The van der Waals surface area contributed by atoms with E-state index in [1.54, 1.807) is 34.7 Å². The molecule has 0 spiro atoms. The van der Waals surface area contributed by atoms with Gasteiger partial charge in [-0.05, 0) is 36.1 Å². The van der Waals surface area contributed by atoms with Crippen LogP contribution in [0.3, 0.4) is 0 Å². The first-order chi connectivity index (χ1) is 16.9. The van der Waals surface area contributed by atoms with Gasteiger partial charge in [-0.3, -0.25) is 10.1 Å². The number of imidazole rings is 1. The SMILES string of the molecule is CN(C(=O)CC(C)(C)C)c1ccc2c(c1)nc(NC(=O)Nc1cc(F)c(C#N)cc1F)n2CCCO. The van der Waals surface area contributed by atoms with Crippen LogP contribution in [0.2, 0.25) is 0 Å². The number of hydrogen-bond donors (Lipinski definition) is 3. The molecule has 36 heavy (non-hydrogen) atoms. The summed E-state index contributed by atoms with van der Waals surface area (Å²) in [7, 11) is 1.68. The lowest BCUT2D eigenvalue weighted by Gasteiger charge is -2.23. The van der Waals surface area contributed by atoms with Crippen LogP contribution in [0.5, 0.6) is 0 Å². The Bertz CT molecular complexity index is 1340. The molecule has 1 aromatic heterocycles. The molecule has 3 rings (SSSR count). The molecule has 11 heteroatoms. The molecule has 190 valence electrons. The highest BCUT2D eigenvalue weighted by molar-refractivity contribution is 6.00. The molecule has 3 aromatic rings. The molecule has 0 aliphatic carbocycles. The van der Waals surface area contributed by atoms with Crippen molar-refractivity contribution in [1.82, 2.24) is 9.55 Å². The zero-order chi connectivity index (χ0) is 26.6. The Morgan fingerprint density at radius 2 is 1.89 bits per heavy atom. The van der Waals surface area contributed by atoms with Crippen LogP contribution >= 0.6 is 0 Å². The molecule has 0 saturated heterocycles. The molecule has 1 heterocycles. The number of anilines is 3. The van der Waals surface area contributed by atoms with Gasteiger partial charge < -0.3 is 19.9 Å². The van der Waals surface area contributed by atoms with Gasteiger partial charge in [0.2, 0.25) is 11.9 Å². The Balaban J connectivity index is 1.89. The molecule has 0 atom stereocenters. The molecule has 0 bridgehead atoms. The van der Waals surface area contributed by atoms with Gasteiger partial charge in [0.05, 0.1) is 22.3 Å². The minimum absolute atomic E-state index is 0.0593. The lowest BCUT2D eigenvalue weighted by atomic mass is 9.91. The van der Waals surface area contributed by atoms with E-state index >= 15 is 0 Å². The highest BCUT2D eigenvalue weighted by atomic mass is 19.1. The maximum Gasteiger partial charge on any atom is 0.326 e.